The van der Waals surface area contributed by atoms with Gasteiger partial charge in [-0.15, -0.1) is 0 Å². The van der Waals surface area contributed by atoms with E-state index in [4.69, 9.17) is 5.11 Å². The molecule has 0 atom stereocenters. The van der Waals surface area contributed by atoms with Gasteiger partial charge in [0.05, 0.1) is 24.7 Å². The third-order valence-corrected chi connectivity index (χ3v) is 2.89. The molecule has 16 heavy (non-hydrogen) atoms. The SMILES string of the molecule is CCCCN(c1cnc(CO)cn1)C1CC1. The van der Waals surface area contributed by atoms with E-state index in [1.807, 2.05) is 0 Å². The number of hydrogen-bond acceptors (Lipinski definition) is 4. The van der Waals surface area contributed by atoms with E-state index in [9.17, 15) is 0 Å². The van der Waals surface area contributed by atoms with Gasteiger partial charge in [0.1, 0.15) is 5.82 Å². The fourth-order valence-electron chi connectivity index (χ4n) is 1.78. The standard InChI is InChI=1S/C12H19N3O/c1-2-3-6-15(11-4-5-11)12-8-13-10(9-16)7-14-12/h7-8,11,16H,2-6,9H2,1H3. The zero-order chi connectivity index (χ0) is 11.4. The first kappa shape index (κ1) is 11.3. The molecular formula is C12H19N3O. The Kier molecular flexibility index (Phi) is 3.72. The van der Waals surface area contributed by atoms with Gasteiger partial charge >= 0.3 is 0 Å². The Morgan fingerprint density at radius 2 is 2.19 bits per heavy atom. The van der Waals surface area contributed by atoms with Gasteiger partial charge in [-0.05, 0) is 19.3 Å². The van der Waals surface area contributed by atoms with E-state index in [-0.39, 0.29) is 6.61 Å². The van der Waals surface area contributed by atoms with Gasteiger partial charge in [0.15, 0.2) is 0 Å². The van der Waals surface area contributed by atoms with E-state index >= 15 is 0 Å². The lowest BCUT2D eigenvalue weighted by atomic mass is 10.3. The van der Waals surface area contributed by atoms with Crippen molar-refractivity contribution in [2.45, 2.75) is 45.3 Å². The van der Waals surface area contributed by atoms with Crippen LogP contribution in [-0.4, -0.2) is 27.7 Å². The zero-order valence-corrected chi connectivity index (χ0v) is 9.76. The molecule has 1 aliphatic rings. The Morgan fingerprint density at radius 1 is 1.38 bits per heavy atom. The number of hydrogen-bond donors (Lipinski definition) is 1. The van der Waals surface area contributed by atoms with Crippen molar-refractivity contribution in [3.8, 4) is 0 Å². The first-order chi connectivity index (χ1) is 7.85. The van der Waals surface area contributed by atoms with Crippen LogP contribution >= 0.6 is 0 Å². The van der Waals surface area contributed by atoms with Crippen molar-refractivity contribution in [3.05, 3.63) is 18.1 Å². The van der Waals surface area contributed by atoms with Crippen LogP contribution in [0.4, 0.5) is 5.82 Å². The van der Waals surface area contributed by atoms with Crippen molar-refractivity contribution in [2.24, 2.45) is 0 Å². The van der Waals surface area contributed by atoms with E-state index in [0.717, 1.165) is 12.4 Å². The van der Waals surface area contributed by atoms with Gasteiger partial charge in [0.2, 0.25) is 0 Å². The highest BCUT2D eigenvalue weighted by atomic mass is 16.3. The van der Waals surface area contributed by atoms with Crippen LogP contribution in [-0.2, 0) is 6.61 Å². The predicted molar refractivity (Wildman–Crippen MR) is 63.2 cm³/mol. The summed E-state index contributed by atoms with van der Waals surface area (Å²) in [6.45, 7) is 3.23. The molecule has 0 radical (unpaired) electrons. The highest BCUT2D eigenvalue weighted by Gasteiger charge is 2.29. The molecule has 1 aromatic heterocycles. The first-order valence-electron chi connectivity index (χ1n) is 6.03. The molecule has 4 heteroatoms. The number of aliphatic hydroxyl groups excluding tert-OH is 1. The largest absolute Gasteiger partial charge is 0.390 e. The monoisotopic (exact) mass is 221 g/mol. The summed E-state index contributed by atoms with van der Waals surface area (Å²) < 4.78 is 0. The molecule has 1 aromatic rings. The Balaban J connectivity index is 2.05. The van der Waals surface area contributed by atoms with Crippen molar-refractivity contribution in [1.82, 2.24) is 9.97 Å². The van der Waals surface area contributed by atoms with Gasteiger partial charge in [-0.3, -0.25) is 4.98 Å². The quantitative estimate of drug-likeness (QED) is 0.795. The first-order valence-corrected chi connectivity index (χ1v) is 6.03. The van der Waals surface area contributed by atoms with Gasteiger partial charge in [-0.1, -0.05) is 13.3 Å². The van der Waals surface area contributed by atoms with E-state index in [1.54, 1.807) is 12.4 Å². The minimum absolute atomic E-state index is 0.0360. The third-order valence-electron chi connectivity index (χ3n) is 2.89. The average molecular weight is 221 g/mol. The summed E-state index contributed by atoms with van der Waals surface area (Å²) >= 11 is 0. The Bertz CT molecular complexity index is 322. The molecule has 0 bridgehead atoms. The number of anilines is 1. The van der Waals surface area contributed by atoms with Crippen LogP contribution in [0.15, 0.2) is 12.4 Å². The smallest absolute Gasteiger partial charge is 0.147 e. The molecule has 2 rings (SSSR count). The average Bonchev–Trinajstić information content (AvgIpc) is 3.15. The number of aromatic nitrogens is 2. The molecule has 1 N–H and O–H groups in total. The molecule has 1 fully saturated rings. The van der Waals surface area contributed by atoms with Gasteiger partial charge in [0.25, 0.3) is 0 Å². The van der Waals surface area contributed by atoms with E-state index in [1.165, 1.54) is 25.7 Å². The van der Waals surface area contributed by atoms with Crippen LogP contribution in [0, 0.1) is 0 Å². The molecule has 4 nitrogen and oxygen atoms in total. The normalized spacial score (nSPS) is 15.1. The molecular weight excluding hydrogens is 202 g/mol. The maximum absolute atomic E-state index is 8.91. The summed E-state index contributed by atoms with van der Waals surface area (Å²) in [5, 5.41) is 8.91. The summed E-state index contributed by atoms with van der Waals surface area (Å²) in [5.74, 6) is 0.952. The maximum Gasteiger partial charge on any atom is 0.147 e. The van der Waals surface area contributed by atoms with Crippen LogP contribution in [0.2, 0.25) is 0 Å². The van der Waals surface area contributed by atoms with E-state index < -0.39 is 0 Å². The summed E-state index contributed by atoms with van der Waals surface area (Å²) in [5.41, 5.74) is 0.634. The van der Waals surface area contributed by atoms with Crippen molar-refractivity contribution in [1.29, 1.82) is 0 Å². The second-order valence-electron chi connectivity index (χ2n) is 4.30. The van der Waals surface area contributed by atoms with Crippen molar-refractivity contribution in [3.63, 3.8) is 0 Å². The van der Waals surface area contributed by atoms with Crippen molar-refractivity contribution in [2.75, 3.05) is 11.4 Å². The molecule has 1 saturated carbocycles. The molecule has 0 saturated heterocycles. The summed E-state index contributed by atoms with van der Waals surface area (Å²) in [4.78, 5) is 10.9. The van der Waals surface area contributed by atoms with Crippen molar-refractivity contribution < 1.29 is 5.11 Å². The van der Waals surface area contributed by atoms with Gasteiger partial charge in [-0.2, -0.15) is 0 Å². The minimum Gasteiger partial charge on any atom is -0.390 e. The number of rotatable bonds is 6. The lowest BCUT2D eigenvalue weighted by Crippen LogP contribution is -2.27. The number of nitrogens with zero attached hydrogens (tertiary/aromatic N) is 3. The molecule has 0 aliphatic heterocycles. The number of aliphatic hydroxyl groups is 1. The van der Waals surface area contributed by atoms with Gasteiger partial charge < -0.3 is 10.0 Å². The summed E-state index contributed by atoms with van der Waals surface area (Å²) in [6, 6.07) is 0.667. The summed E-state index contributed by atoms with van der Waals surface area (Å²) in [6.07, 6.45) is 8.38. The minimum atomic E-state index is -0.0360. The molecule has 1 aliphatic carbocycles. The highest BCUT2D eigenvalue weighted by Crippen LogP contribution is 2.30. The van der Waals surface area contributed by atoms with Crippen LogP contribution in [0.25, 0.3) is 0 Å². The fourth-order valence-corrected chi connectivity index (χ4v) is 1.78. The number of unbranched alkanes of at least 4 members (excludes halogenated alkanes) is 1. The highest BCUT2D eigenvalue weighted by molar-refractivity contribution is 5.39. The molecule has 0 aromatic carbocycles. The van der Waals surface area contributed by atoms with Crippen LogP contribution in [0.3, 0.4) is 0 Å². The van der Waals surface area contributed by atoms with E-state index in [2.05, 4.69) is 21.8 Å². The fraction of sp³-hybridized carbons (Fsp3) is 0.667. The Hall–Kier alpha value is -1.16. The van der Waals surface area contributed by atoms with Gasteiger partial charge in [-0.25, -0.2) is 4.98 Å². The van der Waals surface area contributed by atoms with Gasteiger partial charge in [0, 0.05) is 12.6 Å². The lowest BCUT2D eigenvalue weighted by Gasteiger charge is -2.22. The molecule has 88 valence electrons. The predicted octanol–water partition coefficient (Wildman–Crippen LogP) is 1.74. The second kappa shape index (κ2) is 5.25. The van der Waals surface area contributed by atoms with E-state index in [0.29, 0.717) is 11.7 Å². The Labute approximate surface area is 96.3 Å². The van der Waals surface area contributed by atoms with Crippen molar-refractivity contribution >= 4 is 5.82 Å². The maximum atomic E-state index is 8.91. The molecule has 0 spiro atoms. The van der Waals surface area contributed by atoms with Crippen LogP contribution in [0.5, 0.6) is 0 Å². The topological polar surface area (TPSA) is 49.2 Å². The third kappa shape index (κ3) is 2.70. The summed E-state index contributed by atoms with van der Waals surface area (Å²) in [7, 11) is 0. The second-order valence-corrected chi connectivity index (χ2v) is 4.30. The molecule has 0 amide bonds. The zero-order valence-electron chi connectivity index (χ0n) is 9.76. The van der Waals surface area contributed by atoms with Crippen LogP contribution < -0.4 is 4.90 Å². The molecule has 1 heterocycles. The lowest BCUT2D eigenvalue weighted by molar-refractivity contribution is 0.276. The Morgan fingerprint density at radius 3 is 2.69 bits per heavy atom. The van der Waals surface area contributed by atoms with Crippen LogP contribution in [0.1, 0.15) is 38.3 Å². The molecule has 0 unspecified atom stereocenters.